The van der Waals surface area contributed by atoms with Gasteiger partial charge in [-0.05, 0) is 82.4 Å². The van der Waals surface area contributed by atoms with Gasteiger partial charge in [-0.15, -0.1) is 0 Å². The van der Waals surface area contributed by atoms with E-state index in [4.69, 9.17) is 9.72 Å². The number of aromatic nitrogens is 2. The second kappa shape index (κ2) is 13.9. The lowest BCUT2D eigenvalue weighted by Crippen LogP contribution is -2.38. The van der Waals surface area contributed by atoms with E-state index in [0.29, 0.717) is 23.8 Å². The highest BCUT2D eigenvalue weighted by molar-refractivity contribution is 7.93. The highest BCUT2D eigenvalue weighted by Crippen LogP contribution is 2.35. The first-order valence-corrected chi connectivity index (χ1v) is 16.3. The van der Waals surface area contributed by atoms with Gasteiger partial charge in [0.2, 0.25) is 5.88 Å². The minimum Gasteiger partial charge on any atom is -0.438 e. The second-order valence-corrected chi connectivity index (χ2v) is 13.0. The number of ether oxygens (including phenoxy) is 1. The lowest BCUT2D eigenvalue weighted by molar-refractivity contribution is 0.100. The molecule has 0 saturated heterocycles. The molecule has 9 nitrogen and oxygen atoms in total. The predicted molar refractivity (Wildman–Crippen MR) is 182 cm³/mol. The fraction of sp³-hybridized carbons (Fsp3) is 0.194. The van der Waals surface area contributed by atoms with Crippen LogP contribution in [0.2, 0.25) is 0 Å². The summed E-state index contributed by atoms with van der Waals surface area (Å²) in [7, 11) is -0.611. The van der Waals surface area contributed by atoms with Crippen LogP contribution in [-0.4, -0.2) is 56.4 Å². The summed E-state index contributed by atoms with van der Waals surface area (Å²) in [6.07, 6.45) is 0. The predicted octanol–water partition coefficient (Wildman–Crippen LogP) is 6.87. The lowest BCUT2D eigenvalue weighted by atomic mass is 10.1. The molecule has 0 atom stereocenters. The van der Waals surface area contributed by atoms with Gasteiger partial charge < -0.3 is 15.0 Å². The molecule has 5 rings (SSSR count). The number of anilines is 2. The maximum Gasteiger partial charge on any atom is 0.288 e. The van der Waals surface area contributed by atoms with Crippen LogP contribution >= 0.6 is 0 Å². The molecule has 3 aromatic carbocycles. The first-order chi connectivity index (χ1) is 22.0. The molecule has 1 amide bonds. The van der Waals surface area contributed by atoms with E-state index in [2.05, 4.69) is 10.3 Å². The highest BCUT2D eigenvalue weighted by Gasteiger charge is 2.35. The summed E-state index contributed by atoms with van der Waals surface area (Å²) in [5.74, 6) is 0.0874. The Kier molecular flexibility index (Phi) is 9.79. The highest BCUT2D eigenvalue weighted by atomic mass is 32.2. The van der Waals surface area contributed by atoms with Crippen molar-refractivity contribution in [3.05, 3.63) is 125 Å². The van der Waals surface area contributed by atoms with Gasteiger partial charge in [0.05, 0.1) is 11.4 Å². The van der Waals surface area contributed by atoms with Crippen molar-refractivity contribution in [1.29, 1.82) is 0 Å². The van der Waals surface area contributed by atoms with Gasteiger partial charge >= 0.3 is 0 Å². The molecular formula is C36H37N5O4S. The normalized spacial score (nSPS) is 11.3. The number of pyridine rings is 2. The van der Waals surface area contributed by atoms with Crippen molar-refractivity contribution in [2.75, 3.05) is 36.8 Å². The number of hydrogen-bond acceptors (Lipinski definition) is 8. The number of likely N-dealkylation sites (N-methyl/N-ethyl adjacent to an activating group) is 1. The van der Waals surface area contributed by atoms with Crippen LogP contribution < -0.4 is 14.4 Å². The van der Waals surface area contributed by atoms with Crippen LogP contribution in [0.15, 0.2) is 108 Å². The molecule has 0 unspecified atom stereocenters. The van der Waals surface area contributed by atoms with Crippen LogP contribution in [0.5, 0.6) is 11.6 Å². The third-order valence-electron chi connectivity index (χ3n) is 7.23. The largest absolute Gasteiger partial charge is 0.438 e. The van der Waals surface area contributed by atoms with Gasteiger partial charge in [0.1, 0.15) is 17.1 Å². The number of aryl methyl sites for hydroxylation is 3. The Hall–Kier alpha value is -5.06. The first-order valence-electron chi connectivity index (χ1n) is 14.9. The zero-order chi connectivity index (χ0) is 32.8. The van der Waals surface area contributed by atoms with E-state index < -0.39 is 15.9 Å². The molecule has 0 spiro atoms. The monoisotopic (exact) mass is 635 g/mol. The third-order valence-corrected chi connectivity index (χ3v) is 8.85. The second-order valence-electron chi connectivity index (χ2n) is 11.2. The Labute approximate surface area is 270 Å². The Balaban J connectivity index is 1.63. The quantitative estimate of drug-likeness (QED) is 0.168. The van der Waals surface area contributed by atoms with Crippen LogP contribution in [0.25, 0.3) is 11.3 Å². The molecule has 0 aliphatic heterocycles. The van der Waals surface area contributed by atoms with Gasteiger partial charge in [-0.3, -0.25) is 4.79 Å². The van der Waals surface area contributed by atoms with Crippen molar-refractivity contribution in [1.82, 2.24) is 14.9 Å². The number of amides is 1. The number of sulfonamides is 1. The SMILES string of the molecule is Cc1cc(C)c(Oc2nc(-c3ccccc3)ccc2C(=O)N(c2ccccc2)S(=O)(=O)c2cccc(NCCN(C)C)n2)c(C)c1. The molecule has 1 N–H and O–H groups in total. The number of hydrogen-bond donors (Lipinski definition) is 1. The summed E-state index contributed by atoms with van der Waals surface area (Å²) >= 11 is 0. The number of benzene rings is 3. The van der Waals surface area contributed by atoms with Gasteiger partial charge in [0, 0.05) is 18.7 Å². The molecule has 0 radical (unpaired) electrons. The van der Waals surface area contributed by atoms with Gasteiger partial charge in [0.25, 0.3) is 15.9 Å². The van der Waals surface area contributed by atoms with E-state index in [1.54, 1.807) is 54.6 Å². The van der Waals surface area contributed by atoms with Crippen LogP contribution in [0.4, 0.5) is 11.5 Å². The standard InChI is InChI=1S/C36H37N5O4S/c1-25-23-26(2)34(27(3)24-25)45-35-30(19-20-31(38-35)28-13-8-6-9-14-28)36(42)41(29-15-10-7-11-16-29)46(43,44)33-18-12-17-32(39-33)37-21-22-40(4)5/h6-20,23-24H,21-22H2,1-5H3,(H,37,39). The fourth-order valence-corrected chi connectivity index (χ4v) is 6.44. The topological polar surface area (TPSA) is 105 Å². The number of carbonyl (C=O) groups excluding carboxylic acids is 1. The molecule has 2 aromatic heterocycles. The molecule has 236 valence electrons. The van der Waals surface area contributed by atoms with Crippen molar-refractivity contribution in [3.63, 3.8) is 0 Å². The van der Waals surface area contributed by atoms with Crippen LogP contribution in [0.3, 0.4) is 0 Å². The number of rotatable bonds is 11. The zero-order valence-electron chi connectivity index (χ0n) is 26.6. The summed E-state index contributed by atoms with van der Waals surface area (Å²) < 4.78 is 35.8. The summed E-state index contributed by atoms with van der Waals surface area (Å²) in [4.78, 5) is 25.7. The number of nitrogens with one attached hydrogen (secondary N) is 1. The van der Waals surface area contributed by atoms with Gasteiger partial charge in [-0.1, -0.05) is 72.3 Å². The average molecular weight is 636 g/mol. The molecule has 5 aromatic rings. The summed E-state index contributed by atoms with van der Waals surface area (Å²) in [6, 6.07) is 29.6. The van der Waals surface area contributed by atoms with Crippen molar-refractivity contribution in [3.8, 4) is 22.9 Å². The maximum absolute atomic E-state index is 14.6. The van der Waals surface area contributed by atoms with E-state index in [9.17, 15) is 13.2 Å². The zero-order valence-corrected chi connectivity index (χ0v) is 27.4. The molecule has 0 aliphatic carbocycles. The molecule has 0 saturated carbocycles. The molecular weight excluding hydrogens is 598 g/mol. The lowest BCUT2D eigenvalue weighted by Gasteiger charge is -2.24. The minimum atomic E-state index is -4.50. The van der Waals surface area contributed by atoms with E-state index in [1.807, 2.05) is 82.2 Å². The number of para-hydroxylation sites is 1. The Bertz CT molecular complexity index is 1930. The Morgan fingerprint density at radius 1 is 0.804 bits per heavy atom. The minimum absolute atomic E-state index is 0.00963. The van der Waals surface area contributed by atoms with Gasteiger partial charge in [-0.25, -0.2) is 9.97 Å². The van der Waals surface area contributed by atoms with E-state index in [-0.39, 0.29) is 22.2 Å². The molecule has 0 bridgehead atoms. The Morgan fingerprint density at radius 2 is 1.46 bits per heavy atom. The summed E-state index contributed by atoms with van der Waals surface area (Å²) in [6.45, 7) is 7.12. The molecule has 46 heavy (non-hydrogen) atoms. The van der Waals surface area contributed by atoms with E-state index in [0.717, 1.165) is 33.1 Å². The van der Waals surface area contributed by atoms with Crippen LogP contribution in [0, 0.1) is 20.8 Å². The molecule has 10 heteroatoms. The summed E-state index contributed by atoms with van der Waals surface area (Å²) in [5, 5.41) is 2.87. The number of nitrogens with zero attached hydrogens (tertiary/aromatic N) is 4. The molecule has 2 heterocycles. The van der Waals surface area contributed by atoms with Crippen molar-refractivity contribution >= 4 is 27.4 Å². The molecule has 0 aliphatic rings. The fourth-order valence-electron chi connectivity index (χ4n) is 5.07. The van der Waals surface area contributed by atoms with E-state index >= 15 is 0 Å². The average Bonchev–Trinajstić information content (AvgIpc) is 3.03. The molecule has 0 fully saturated rings. The Morgan fingerprint density at radius 3 is 2.11 bits per heavy atom. The van der Waals surface area contributed by atoms with Crippen molar-refractivity contribution in [2.45, 2.75) is 25.8 Å². The maximum atomic E-state index is 14.6. The first kappa shape index (κ1) is 32.3. The van der Waals surface area contributed by atoms with Gasteiger partial charge in [-0.2, -0.15) is 12.7 Å². The van der Waals surface area contributed by atoms with Crippen LogP contribution in [-0.2, 0) is 10.0 Å². The van der Waals surface area contributed by atoms with Gasteiger partial charge in [0.15, 0.2) is 5.03 Å². The third kappa shape index (κ3) is 7.25. The smallest absolute Gasteiger partial charge is 0.288 e. The van der Waals surface area contributed by atoms with Crippen molar-refractivity contribution < 1.29 is 17.9 Å². The van der Waals surface area contributed by atoms with Crippen molar-refractivity contribution in [2.24, 2.45) is 0 Å². The number of carbonyl (C=O) groups is 1. The van der Waals surface area contributed by atoms with Crippen LogP contribution in [0.1, 0.15) is 27.0 Å². The summed E-state index contributed by atoms with van der Waals surface area (Å²) in [5.41, 5.74) is 4.31. The van der Waals surface area contributed by atoms with E-state index in [1.165, 1.54) is 6.07 Å².